The van der Waals surface area contributed by atoms with E-state index >= 15 is 0 Å². The zero-order valence-corrected chi connectivity index (χ0v) is 12.0. The van der Waals surface area contributed by atoms with Crippen LogP contribution in [0.5, 0.6) is 0 Å². The highest BCUT2D eigenvalue weighted by Crippen LogP contribution is 2.26. The van der Waals surface area contributed by atoms with Crippen LogP contribution in [0.1, 0.15) is 26.3 Å². The third-order valence-electron chi connectivity index (χ3n) is 2.86. The summed E-state index contributed by atoms with van der Waals surface area (Å²) in [6, 6.07) is 8.20. The molecule has 0 bridgehead atoms. The van der Waals surface area contributed by atoms with Crippen molar-refractivity contribution in [1.29, 1.82) is 0 Å². The van der Waals surface area contributed by atoms with E-state index in [1.54, 1.807) is 11.3 Å². The van der Waals surface area contributed by atoms with Crippen LogP contribution in [0.3, 0.4) is 0 Å². The summed E-state index contributed by atoms with van der Waals surface area (Å²) in [5.41, 5.74) is 1.10. The van der Waals surface area contributed by atoms with E-state index in [4.69, 9.17) is 0 Å². The van der Waals surface area contributed by atoms with Crippen molar-refractivity contribution in [2.75, 3.05) is 6.54 Å². The van der Waals surface area contributed by atoms with Crippen LogP contribution in [0.25, 0.3) is 10.1 Å². The molecule has 1 aromatic heterocycles. The first-order chi connectivity index (χ1) is 8.46. The third-order valence-corrected chi connectivity index (χ3v) is 3.87. The number of hydrogen-bond acceptors (Lipinski definition) is 2. The molecule has 1 unspecified atom stereocenters. The summed E-state index contributed by atoms with van der Waals surface area (Å²) in [6.45, 7) is 6.58. The van der Waals surface area contributed by atoms with Gasteiger partial charge in [-0.3, -0.25) is 0 Å². The Kier molecular flexibility index (Phi) is 4.03. The smallest absolute Gasteiger partial charge is 0.117 e. The maximum absolute atomic E-state index is 14.0. The Hall–Kier alpha value is -0.930. The number of benzene rings is 1. The summed E-state index contributed by atoms with van der Waals surface area (Å²) in [6.07, 6.45) is -0.338. The lowest BCUT2D eigenvalue weighted by atomic mass is 10.1. The first-order valence-electron chi connectivity index (χ1n) is 6.30. The summed E-state index contributed by atoms with van der Waals surface area (Å²) < 4.78 is 15.2. The first kappa shape index (κ1) is 13.5. The molecule has 0 radical (unpaired) electrons. The monoisotopic (exact) mass is 265 g/mol. The lowest BCUT2D eigenvalue weighted by molar-refractivity contribution is 0.285. The summed E-state index contributed by atoms with van der Waals surface area (Å²) in [4.78, 5) is 0. The number of halogens is 1. The topological polar surface area (TPSA) is 12.0 Å². The number of hydrogen-bond donors (Lipinski definition) is 1. The van der Waals surface area contributed by atoms with E-state index in [-0.39, 0.29) is 5.54 Å². The summed E-state index contributed by atoms with van der Waals surface area (Å²) in [5.74, 6) is 0. The molecule has 0 amide bonds. The highest BCUT2D eigenvalue weighted by Gasteiger charge is 2.15. The largest absolute Gasteiger partial charge is 0.309 e. The minimum absolute atomic E-state index is 0.0267. The van der Waals surface area contributed by atoms with Gasteiger partial charge in [0.1, 0.15) is 6.17 Å². The molecule has 0 spiro atoms. The van der Waals surface area contributed by atoms with Crippen molar-refractivity contribution in [3.63, 3.8) is 0 Å². The van der Waals surface area contributed by atoms with Crippen molar-refractivity contribution in [3.05, 3.63) is 35.2 Å². The minimum atomic E-state index is -0.831. The van der Waals surface area contributed by atoms with Crippen LogP contribution in [0.2, 0.25) is 0 Å². The zero-order chi connectivity index (χ0) is 13.2. The Labute approximate surface area is 112 Å². The van der Waals surface area contributed by atoms with Crippen molar-refractivity contribution in [1.82, 2.24) is 5.32 Å². The van der Waals surface area contributed by atoms with Crippen molar-refractivity contribution in [2.24, 2.45) is 0 Å². The molecule has 0 aliphatic rings. The predicted molar refractivity (Wildman–Crippen MR) is 78.2 cm³/mol. The second-order valence-corrected chi connectivity index (χ2v) is 6.60. The van der Waals surface area contributed by atoms with Gasteiger partial charge in [-0.15, -0.1) is 11.3 Å². The average molecular weight is 265 g/mol. The Bertz CT molecular complexity index is 512. The van der Waals surface area contributed by atoms with Gasteiger partial charge in [0.05, 0.1) is 0 Å². The molecule has 98 valence electrons. The first-order valence-corrected chi connectivity index (χ1v) is 7.18. The number of rotatable bonds is 4. The van der Waals surface area contributed by atoms with Gasteiger partial charge in [0.15, 0.2) is 0 Å². The van der Waals surface area contributed by atoms with Crippen LogP contribution < -0.4 is 5.32 Å². The highest BCUT2D eigenvalue weighted by atomic mass is 32.1. The zero-order valence-electron chi connectivity index (χ0n) is 11.2. The van der Waals surface area contributed by atoms with Crippen molar-refractivity contribution in [2.45, 2.75) is 38.9 Å². The fraction of sp³-hybridized carbons (Fsp3) is 0.467. The minimum Gasteiger partial charge on any atom is -0.309 e. The van der Waals surface area contributed by atoms with Crippen LogP contribution >= 0.6 is 11.3 Å². The van der Waals surface area contributed by atoms with Gasteiger partial charge >= 0.3 is 0 Å². The van der Waals surface area contributed by atoms with E-state index in [0.717, 1.165) is 5.56 Å². The highest BCUT2D eigenvalue weighted by molar-refractivity contribution is 7.17. The standard InChI is InChI=1S/C15H20FNS/c1-15(2,3)17-9-12(16)8-11-10-18-14-7-5-4-6-13(11)14/h4-7,10,12,17H,8-9H2,1-3H3. The number of fused-ring (bicyclic) bond motifs is 1. The van der Waals surface area contributed by atoms with Gasteiger partial charge in [0.25, 0.3) is 0 Å². The maximum atomic E-state index is 14.0. The Morgan fingerprint density at radius 2 is 2.00 bits per heavy atom. The van der Waals surface area contributed by atoms with Gasteiger partial charge in [-0.2, -0.15) is 0 Å². The molecule has 1 atom stereocenters. The van der Waals surface area contributed by atoms with Gasteiger partial charge < -0.3 is 5.32 Å². The molecule has 1 N–H and O–H groups in total. The lowest BCUT2D eigenvalue weighted by Crippen LogP contribution is -2.40. The van der Waals surface area contributed by atoms with Crippen LogP contribution in [0.4, 0.5) is 4.39 Å². The molecular weight excluding hydrogens is 245 g/mol. The van der Waals surface area contributed by atoms with Crippen LogP contribution in [-0.2, 0) is 6.42 Å². The van der Waals surface area contributed by atoms with Gasteiger partial charge in [0, 0.05) is 23.2 Å². The van der Waals surface area contributed by atoms with Crippen molar-refractivity contribution >= 4 is 21.4 Å². The molecule has 0 fully saturated rings. The van der Waals surface area contributed by atoms with E-state index in [0.29, 0.717) is 13.0 Å². The summed E-state index contributed by atoms with van der Waals surface area (Å²) in [5, 5.41) is 6.48. The maximum Gasteiger partial charge on any atom is 0.117 e. The van der Waals surface area contributed by atoms with E-state index in [1.165, 1.54) is 10.1 Å². The molecule has 0 aliphatic heterocycles. The second-order valence-electron chi connectivity index (χ2n) is 5.69. The molecule has 0 saturated carbocycles. The fourth-order valence-corrected chi connectivity index (χ4v) is 2.89. The molecule has 0 saturated heterocycles. The lowest BCUT2D eigenvalue weighted by Gasteiger charge is -2.22. The van der Waals surface area contributed by atoms with Gasteiger partial charge in [0.2, 0.25) is 0 Å². The normalized spacial score (nSPS) is 14.0. The van der Waals surface area contributed by atoms with E-state index < -0.39 is 6.17 Å². The van der Waals surface area contributed by atoms with E-state index in [9.17, 15) is 4.39 Å². The number of nitrogens with one attached hydrogen (secondary N) is 1. The fourth-order valence-electron chi connectivity index (χ4n) is 1.92. The predicted octanol–water partition coefficient (Wildman–Crippen LogP) is 4.17. The Balaban J connectivity index is 2.01. The molecule has 0 aliphatic carbocycles. The van der Waals surface area contributed by atoms with Gasteiger partial charge in [-0.25, -0.2) is 4.39 Å². The van der Waals surface area contributed by atoms with Crippen LogP contribution in [0.15, 0.2) is 29.6 Å². The van der Waals surface area contributed by atoms with E-state index in [2.05, 4.69) is 43.6 Å². The molecule has 2 rings (SSSR count). The average Bonchev–Trinajstić information content (AvgIpc) is 2.70. The molecule has 3 heteroatoms. The molecule has 2 aromatic rings. The van der Waals surface area contributed by atoms with Crippen LogP contribution in [0, 0.1) is 0 Å². The molecule has 1 aromatic carbocycles. The molecular formula is C15H20FNS. The third kappa shape index (κ3) is 3.53. The molecule has 18 heavy (non-hydrogen) atoms. The molecule has 1 heterocycles. The summed E-state index contributed by atoms with van der Waals surface area (Å²) >= 11 is 1.69. The van der Waals surface area contributed by atoms with Crippen LogP contribution in [-0.4, -0.2) is 18.3 Å². The van der Waals surface area contributed by atoms with Crippen molar-refractivity contribution < 1.29 is 4.39 Å². The van der Waals surface area contributed by atoms with E-state index in [1.807, 2.05) is 12.1 Å². The SMILES string of the molecule is CC(C)(C)NCC(F)Cc1csc2ccccc12. The van der Waals surface area contributed by atoms with Gasteiger partial charge in [-0.1, -0.05) is 18.2 Å². The van der Waals surface area contributed by atoms with Crippen molar-refractivity contribution in [3.8, 4) is 0 Å². The van der Waals surface area contributed by atoms with Gasteiger partial charge in [-0.05, 0) is 43.2 Å². The second kappa shape index (κ2) is 5.37. The molecule has 1 nitrogen and oxygen atoms in total. The number of alkyl halides is 1. The summed E-state index contributed by atoms with van der Waals surface area (Å²) in [7, 11) is 0. The quantitative estimate of drug-likeness (QED) is 0.875. The Morgan fingerprint density at radius 3 is 2.72 bits per heavy atom. The Morgan fingerprint density at radius 1 is 1.28 bits per heavy atom. The number of thiophene rings is 1.